The lowest BCUT2D eigenvalue weighted by Gasteiger charge is -2.27. The van der Waals surface area contributed by atoms with Crippen LogP contribution in [0.15, 0.2) is 48.0 Å². The molecule has 2 saturated heterocycles. The molecule has 2 aliphatic heterocycles. The number of hydrogen-bond donors (Lipinski definition) is 2. The number of aryl methyl sites for hydroxylation is 1. The maximum atomic E-state index is 13.6. The predicted molar refractivity (Wildman–Crippen MR) is 124 cm³/mol. The van der Waals surface area contributed by atoms with E-state index in [9.17, 15) is 19.1 Å². The number of carbonyl (C=O) groups is 2. The molecule has 2 heterocycles. The van der Waals surface area contributed by atoms with E-state index in [1.54, 1.807) is 44.4 Å². The molecule has 0 bridgehead atoms. The van der Waals surface area contributed by atoms with Crippen LogP contribution in [0.1, 0.15) is 29.2 Å². The van der Waals surface area contributed by atoms with Gasteiger partial charge in [0.1, 0.15) is 30.4 Å². The number of benzene rings is 2. The summed E-state index contributed by atoms with van der Waals surface area (Å²) in [5.74, 6) is -1.42. The second kappa shape index (κ2) is 10.4. The van der Waals surface area contributed by atoms with Crippen LogP contribution in [0.5, 0.6) is 5.75 Å². The molecule has 1 unspecified atom stereocenters. The van der Waals surface area contributed by atoms with Crippen LogP contribution in [0.25, 0.3) is 5.76 Å². The third-order valence-electron chi connectivity index (χ3n) is 6.54. The highest BCUT2D eigenvalue weighted by Crippen LogP contribution is 2.40. The number of carbonyl (C=O) groups excluding carboxylic acids is 2. The lowest BCUT2D eigenvalue weighted by Crippen LogP contribution is -3.14. The Morgan fingerprint density at radius 2 is 1.88 bits per heavy atom. The molecule has 180 valence electrons. The van der Waals surface area contributed by atoms with Crippen LogP contribution >= 0.6 is 0 Å². The molecule has 2 aromatic rings. The minimum Gasteiger partial charge on any atom is -0.507 e. The molecule has 1 atom stereocenters. The number of nitrogens with one attached hydrogen (secondary N) is 1. The van der Waals surface area contributed by atoms with E-state index in [1.165, 1.54) is 21.9 Å². The van der Waals surface area contributed by atoms with Gasteiger partial charge >= 0.3 is 0 Å². The summed E-state index contributed by atoms with van der Waals surface area (Å²) in [5.41, 5.74) is 1.75. The average Bonchev–Trinajstić information content (AvgIpc) is 3.09. The van der Waals surface area contributed by atoms with Gasteiger partial charge in [-0.05, 0) is 48.4 Å². The lowest BCUT2D eigenvalue weighted by atomic mass is 9.94. The number of Topliss-reactive ketones (excluding diaryl/α,β-unsaturated/α-hetero) is 1. The van der Waals surface area contributed by atoms with Crippen LogP contribution in [-0.2, 0) is 14.3 Å². The number of hydrogen-bond acceptors (Lipinski definition) is 5. The summed E-state index contributed by atoms with van der Waals surface area (Å²) in [6.07, 6.45) is 0.696. The Labute approximate surface area is 198 Å². The molecule has 0 spiro atoms. The monoisotopic (exact) mass is 469 g/mol. The summed E-state index contributed by atoms with van der Waals surface area (Å²) in [6, 6.07) is 10.0. The maximum Gasteiger partial charge on any atom is 0.295 e. The van der Waals surface area contributed by atoms with Gasteiger partial charge in [0.15, 0.2) is 0 Å². The van der Waals surface area contributed by atoms with Crippen molar-refractivity contribution in [3.05, 3.63) is 70.5 Å². The first-order valence-electron chi connectivity index (χ1n) is 11.5. The Hall–Kier alpha value is -3.23. The normalized spacial score (nSPS) is 20.7. The smallest absolute Gasteiger partial charge is 0.295 e. The first-order chi connectivity index (χ1) is 16.4. The Bertz CT molecular complexity index is 1090. The van der Waals surface area contributed by atoms with Crippen molar-refractivity contribution < 1.29 is 33.5 Å². The van der Waals surface area contributed by atoms with Crippen LogP contribution in [0.3, 0.4) is 0 Å². The molecule has 0 saturated carbocycles. The number of rotatable bonds is 7. The highest BCUT2D eigenvalue weighted by Gasteiger charge is 2.46. The molecule has 1 amide bonds. The van der Waals surface area contributed by atoms with Crippen LogP contribution < -0.4 is 9.64 Å². The van der Waals surface area contributed by atoms with Crippen LogP contribution in [0.2, 0.25) is 0 Å². The van der Waals surface area contributed by atoms with E-state index in [2.05, 4.69) is 0 Å². The SMILES string of the molecule is COc1ccc(C(O)=C2C(=O)C(=O)N(CCC[NH+]3CCOCC3)C2c2ccc(F)cc2)c(C)c1. The summed E-state index contributed by atoms with van der Waals surface area (Å²) in [5, 5.41) is 11.2. The second-order valence-corrected chi connectivity index (χ2v) is 8.69. The number of aliphatic hydroxyl groups excluding tert-OH is 1. The molecular formula is C26H30FN2O5+. The first-order valence-corrected chi connectivity index (χ1v) is 11.5. The number of amides is 1. The number of halogens is 1. The second-order valence-electron chi connectivity index (χ2n) is 8.69. The zero-order chi connectivity index (χ0) is 24.2. The third-order valence-corrected chi connectivity index (χ3v) is 6.54. The molecule has 4 rings (SSSR count). The van der Waals surface area contributed by atoms with Crippen LogP contribution in [-0.4, -0.2) is 68.2 Å². The summed E-state index contributed by atoms with van der Waals surface area (Å²) in [6.45, 7) is 6.27. The highest BCUT2D eigenvalue weighted by atomic mass is 19.1. The van der Waals surface area contributed by atoms with Crippen molar-refractivity contribution in [1.29, 1.82) is 0 Å². The highest BCUT2D eigenvalue weighted by molar-refractivity contribution is 6.46. The number of likely N-dealkylation sites (tertiary alicyclic amines) is 1. The molecule has 2 fully saturated rings. The molecular weight excluding hydrogens is 439 g/mol. The van der Waals surface area contributed by atoms with Gasteiger partial charge in [-0.25, -0.2) is 4.39 Å². The maximum absolute atomic E-state index is 13.6. The average molecular weight is 470 g/mol. The quantitative estimate of drug-likeness (QED) is 0.368. The van der Waals surface area contributed by atoms with Gasteiger partial charge in [0, 0.05) is 18.5 Å². The number of morpholine rings is 1. The number of quaternary nitrogens is 1. The van der Waals surface area contributed by atoms with Crippen LogP contribution in [0.4, 0.5) is 4.39 Å². The van der Waals surface area contributed by atoms with Gasteiger partial charge in [-0.1, -0.05) is 12.1 Å². The number of methoxy groups -OCH3 is 1. The fraction of sp³-hybridized carbons (Fsp3) is 0.385. The summed E-state index contributed by atoms with van der Waals surface area (Å²) in [7, 11) is 1.55. The van der Waals surface area contributed by atoms with Crippen LogP contribution in [0, 0.1) is 12.7 Å². The Balaban J connectivity index is 1.69. The number of ketones is 1. The van der Waals surface area contributed by atoms with Gasteiger partial charge in [0.05, 0.1) is 38.5 Å². The van der Waals surface area contributed by atoms with Crippen molar-refractivity contribution in [3.63, 3.8) is 0 Å². The van der Waals surface area contributed by atoms with Crippen molar-refractivity contribution in [3.8, 4) is 5.75 Å². The molecule has 2 aliphatic rings. The van der Waals surface area contributed by atoms with E-state index >= 15 is 0 Å². The summed E-state index contributed by atoms with van der Waals surface area (Å²) < 4.78 is 24.3. The van der Waals surface area contributed by atoms with Crippen molar-refractivity contribution in [1.82, 2.24) is 4.90 Å². The molecule has 2 N–H and O–H groups in total. The number of nitrogens with zero attached hydrogens (tertiary/aromatic N) is 1. The predicted octanol–water partition coefficient (Wildman–Crippen LogP) is 1.87. The standard InChI is InChI=1S/C26H29FN2O5/c1-17-16-20(33-2)8-9-21(17)24(30)22-23(18-4-6-19(27)7-5-18)29(26(32)25(22)31)11-3-10-28-12-14-34-15-13-28/h4-9,16,23,30H,3,10-15H2,1-2H3/p+1. The first kappa shape index (κ1) is 23.9. The zero-order valence-corrected chi connectivity index (χ0v) is 19.5. The fourth-order valence-corrected chi connectivity index (χ4v) is 4.69. The largest absolute Gasteiger partial charge is 0.507 e. The van der Waals surface area contributed by atoms with E-state index in [1.807, 2.05) is 0 Å². The molecule has 7 nitrogen and oxygen atoms in total. The molecule has 34 heavy (non-hydrogen) atoms. The van der Waals surface area contributed by atoms with Gasteiger partial charge < -0.3 is 24.4 Å². The molecule has 2 aromatic carbocycles. The number of ether oxygens (including phenoxy) is 2. The topological polar surface area (TPSA) is 80.5 Å². The van der Waals surface area contributed by atoms with E-state index in [0.717, 1.165) is 32.8 Å². The van der Waals surface area contributed by atoms with E-state index in [4.69, 9.17) is 9.47 Å². The van der Waals surface area contributed by atoms with Crippen molar-refractivity contribution >= 4 is 17.4 Å². The molecule has 0 aliphatic carbocycles. The third kappa shape index (κ3) is 4.83. The van der Waals surface area contributed by atoms with E-state index in [-0.39, 0.29) is 11.3 Å². The molecule has 8 heteroatoms. The lowest BCUT2D eigenvalue weighted by molar-refractivity contribution is -0.908. The summed E-state index contributed by atoms with van der Waals surface area (Å²) >= 11 is 0. The Morgan fingerprint density at radius 3 is 2.53 bits per heavy atom. The van der Waals surface area contributed by atoms with E-state index in [0.29, 0.717) is 35.4 Å². The minimum absolute atomic E-state index is 0.0172. The van der Waals surface area contributed by atoms with Gasteiger partial charge in [0.2, 0.25) is 0 Å². The van der Waals surface area contributed by atoms with Gasteiger partial charge in [-0.15, -0.1) is 0 Å². The van der Waals surface area contributed by atoms with E-state index < -0.39 is 23.5 Å². The zero-order valence-electron chi connectivity index (χ0n) is 19.5. The molecule has 0 aromatic heterocycles. The van der Waals surface area contributed by atoms with Gasteiger partial charge in [-0.2, -0.15) is 0 Å². The molecule has 0 radical (unpaired) electrons. The Morgan fingerprint density at radius 1 is 1.18 bits per heavy atom. The minimum atomic E-state index is -0.790. The van der Waals surface area contributed by atoms with Crippen molar-refractivity contribution in [2.75, 3.05) is 46.5 Å². The van der Waals surface area contributed by atoms with Crippen molar-refractivity contribution in [2.24, 2.45) is 0 Å². The summed E-state index contributed by atoms with van der Waals surface area (Å²) in [4.78, 5) is 29.1. The number of aliphatic hydroxyl groups is 1. The van der Waals surface area contributed by atoms with Gasteiger partial charge in [0.25, 0.3) is 11.7 Å². The van der Waals surface area contributed by atoms with Gasteiger partial charge in [-0.3, -0.25) is 9.59 Å². The Kier molecular flexibility index (Phi) is 7.29. The van der Waals surface area contributed by atoms with Crippen molar-refractivity contribution in [2.45, 2.75) is 19.4 Å². The fourth-order valence-electron chi connectivity index (χ4n) is 4.69.